The van der Waals surface area contributed by atoms with Gasteiger partial charge in [0, 0.05) is 44.0 Å². The number of amides is 2. The number of hydrogen-bond acceptors (Lipinski definition) is 7. The number of rotatable bonds is 5. The molecule has 2 fully saturated rings. The summed E-state index contributed by atoms with van der Waals surface area (Å²) < 4.78 is 26.1. The number of fused-ring (bicyclic) bond motifs is 1. The van der Waals surface area contributed by atoms with Gasteiger partial charge in [-0.15, -0.1) is 0 Å². The molecule has 2 aromatic rings. The molecule has 1 unspecified atom stereocenters. The fourth-order valence-corrected chi connectivity index (χ4v) is 5.60. The summed E-state index contributed by atoms with van der Waals surface area (Å²) >= 11 is 6.12. The SMILES string of the molecule is CCOc1ncccc1C1(OC(=O)N2CCN(C3CCN(C)CC3)CC2)C(=O)Nc2cc(F)c(Cl)cc21. The van der Waals surface area contributed by atoms with Crippen LogP contribution >= 0.6 is 11.6 Å². The number of aromatic nitrogens is 1. The molecule has 3 aliphatic rings. The normalized spacial score (nSPS) is 23.0. The van der Waals surface area contributed by atoms with E-state index in [0.29, 0.717) is 19.1 Å². The number of carbonyl (C=O) groups is 2. The lowest BCUT2D eigenvalue weighted by atomic mass is 9.87. The number of piperidine rings is 1. The van der Waals surface area contributed by atoms with Crippen LogP contribution in [0.2, 0.25) is 5.02 Å². The van der Waals surface area contributed by atoms with E-state index in [4.69, 9.17) is 21.1 Å². The zero-order valence-electron chi connectivity index (χ0n) is 21.0. The predicted octanol–water partition coefficient (Wildman–Crippen LogP) is 3.32. The fourth-order valence-electron chi connectivity index (χ4n) is 5.43. The number of likely N-dealkylation sites (tertiary alicyclic amines) is 1. The Morgan fingerprint density at radius 2 is 1.92 bits per heavy atom. The van der Waals surface area contributed by atoms with Crippen molar-refractivity contribution < 1.29 is 23.5 Å². The van der Waals surface area contributed by atoms with Crippen LogP contribution in [0.4, 0.5) is 14.9 Å². The second-order valence-electron chi connectivity index (χ2n) is 9.66. The van der Waals surface area contributed by atoms with Gasteiger partial charge in [0.15, 0.2) is 0 Å². The molecule has 2 amide bonds. The van der Waals surface area contributed by atoms with Gasteiger partial charge in [-0.2, -0.15) is 0 Å². The molecule has 4 heterocycles. The van der Waals surface area contributed by atoms with Gasteiger partial charge in [-0.3, -0.25) is 9.69 Å². The van der Waals surface area contributed by atoms with Crippen molar-refractivity contribution in [3.05, 3.63) is 52.4 Å². The van der Waals surface area contributed by atoms with Crippen molar-refractivity contribution in [2.24, 2.45) is 0 Å². The summed E-state index contributed by atoms with van der Waals surface area (Å²) in [5.41, 5.74) is -1.28. The summed E-state index contributed by atoms with van der Waals surface area (Å²) in [6, 6.07) is 6.20. The van der Waals surface area contributed by atoms with Crippen LogP contribution in [-0.4, -0.2) is 90.6 Å². The second-order valence-corrected chi connectivity index (χ2v) is 10.1. The molecule has 3 aliphatic heterocycles. The van der Waals surface area contributed by atoms with Gasteiger partial charge in [0.1, 0.15) is 5.82 Å². The number of carbonyl (C=O) groups excluding carboxylic acids is 2. The number of ether oxygens (including phenoxy) is 2. The molecule has 1 atom stereocenters. The average molecular weight is 532 g/mol. The van der Waals surface area contributed by atoms with E-state index in [0.717, 1.165) is 45.1 Å². The molecule has 0 saturated carbocycles. The maximum Gasteiger partial charge on any atom is 0.411 e. The van der Waals surface area contributed by atoms with Crippen molar-refractivity contribution in [2.75, 3.05) is 58.2 Å². The summed E-state index contributed by atoms with van der Waals surface area (Å²) in [7, 11) is 2.14. The van der Waals surface area contributed by atoms with Gasteiger partial charge in [-0.25, -0.2) is 14.2 Å². The molecule has 0 spiro atoms. The summed E-state index contributed by atoms with van der Waals surface area (Å²) in [5, 5.41) is 2.47. The number of pyridine rings is 1. The fraction of sp³-hybridized carbons (Fsp3) is 0.500. The summed E-state index contributed by atoms with van der Waals surface area (Å²) in [5.74, 6) is -1.19. The van der Waals surface area contributed by atoms with Crippen LogP contribution in [0.15, 0.2) is 30.5 Å². The maximum absolute atomic E-state index is 14.3. The largest absolute Gasteiger partial charge is 0.478 e. The number of hydrogen-bond donors (Lipinski definition) is 1. The van der Waals surface area contributed by atoms with Crippen molar-refractivity contribution in [3.8, 4) is 5.88 Å². The molecule has 9 nitrogen and oxygen atoms in total. The average Bonchev–Trinajstić information content (AvgIpc) is 3.16. The molecule has 37 heavy (non-hydrogen) atoms. The number of benzene rings is 1. The molecular weight excluding hydrogens is 501 g/mol. The van der Waals surface area contributed by atoms with Crippen LogP contribution in [0.1, 0.15) is 30.9 Å². The van der Waals surface area contributed by atoms with E-state index in [9.17, 15) is 14.0 Å². The highest BCUT2D eigenvalue weighted by atomic mass is 35.5. The van der Waals surface area contributed by atoms with E-state index < -0.39 is 23.4 Å². The first-order valence-corrected chi connectivity index (χ1v) is 13.0. The topological polar surface area (TPSA) is 87.2 Å². The highest BCUT2D eigenvalue weighted by Crippen LogP contribution is 2.48. The minimum Gasteiger partial charge on any atom is -0.478 e. The number of halogens is 2. The highest BCUT2D eigenvalue weighted by molar-refractivity contribution is 6.31. The molecule has 1 aromatic heterocycles. The third-order valence-electron chi connectivity index (χ3n) is 7.46. The van der Waals surface area contributed by atoms with Crippen molar-refractivity contribution in [1.82, 2.24) is 19.7 Å². The Labute approximate surface area is 220 Å². The van der Waals surface area contributed by atoms with Crippen LogP contribution in [-0.2, 0) is 15.1 Å². The van der Waals surface area contributed by atoms with Gasteiger partial charge in [0.25, 0.3) is 5.91 Å². The number of anilines is 1. The van der Waals surface area contributed by atoms with Gasteiger partial charge >= 0.3 is 6.09 Å². The first-order chi connectivity index (χ1) is 17.8. The van der Waals surface area contributed by atoms with Crippen LogP contribution in [0, 0.1) is 5.82 Å². The molecular formula is C26H31ClFN5O4. The Balaban J connectivity index is 1.43. The molecule has 2 saturated heterocycles. The monoisotopic (exact) mass is 531 g/mol. The molecule has 1 aromatic carbocycles. The highest BCUT2D eigenvalue weighted by Gasteiger charge is 2.55. The van der Waals surface area contributed by atoms with Gasteiger partial charge < -0.3 is 24.6 Å². The zero-order valence-corrected chi connectivity index (χ0v) is 21.8. The Bertz CT molecular complexity index is 1180. The van der Waals surface area contributed by atoms with Crippen molar-refractivity contribution >= 4 is 29.3 Å². The first-order valence-electron chi connectivity index (χ1n) is 12.6. The van der Waals surface area contributed by atoms with E-state index in [2.05, 4.69) is 27.1 Å². The number of piperazine rings is 1. The Kier molecular flexibility index (Phi) is 7.24. The van der Waals surface area contributed by atoms with Crippen LogP contribution < -0.4 is 10.1 Å². The Morgan fingerprint density at radius 3 is 2.62 bits per heavy atom. The van der Waals surface area contributed by atoms with Gasteiger partial charge in [0.2, 0.25) is 11.5 Å². The van der Waals surface area contributed by atoms with Crippen LogP contribution in [0.3, 0.4) is 0 Å². The van der Waals surface area contributed by atoms with Gasteiger partial charge in [-0.1, -0.05) is 11.6 Å². The van der Waals surface area contributed by atoms with Crippen LogP contribution in [0.5, 0.6) is 5.88 Å². The van der Waals surface area contributed by atoms with Crippen molar-refractivity contribution in [2.45, 2.75) is 31.4 Å². The quantitative estimate of drug-likeness (QED) is 0.633. The minimum atomic E-state index is -1.94. The van der Waals surface area contributed by atoms with E-state index >= 15 is 0 Å². The zero-order chi connectivity index (χ0) is 26.2. The van der Waals surface area contributed by atoms with Gasteiger partial charge in [-0.05, 0) is 64.2 Å². The first kappa shape index (κ1) is 25.7. The smallest absolute Gasteiger partial charge is 0.411 e. The second kappa shape index (κ2) is 10.4. The molecule has 0 bridgehead atoms. The molecule has 1 N–H and O–H groups in total. The van der Waals surface area contributed by atoms with E-state index in [-0.39, 0.29) is 34.3 Å². The molecule has 198 valence electrons. The van der Waals surface area contributed by atoms with E-state index in [1.807, 2.05) is 0 Å². The van der Waals surface area contributed by atoms with Gasteiger partial charge in [0.05, 0.1) is 22.9 Å². The lowest BCUT2D eigenvalue weighted by Crippen LogP contribution is -2.55. The Hall–Kier alpha value is -2.95. The molecule has 0 radical (unpaired) electrons. The molecule has 11 heteroatoms. The molecule has 5 rings (SSSR count). The third kappa shape index (κ3) is 4.73. The summed E-state index contributed by atoms with van der Waals surface area (Å²) in [6.07, 6.45) is 3.11. The number of nitrogens with one attached hydrogen (secondary N) is 1. The lowest BCUT2D eigenvalue weighted by molar-refractivity contribution is -0.131. The minimum absolute atomic E-state index is 0.147. The summed E-state index contributed by atoms with van der Waals surface area (Å²) in [4.78, 5) is 37.8. The third-order valence-corrected chi connectivity index (χ3v) is 7.75. The standard InChI is InChI=1S/C26H31ClFN5O4/c1-3-36-23-18(5-4-8-29-23)26(19-15-20(27)21(28)16-22(19)30-24(26)34)37-25(35)33-13-11-32(12-14-33)17-6-9-31(2)10-7-17/h4-5,8,15-17H,3,6-7,9-14H2,1-2H3,(H,30,34). The maximum atomic E-state index is 14.3. The van der Waals surface area contributed by atoms with E-state index in [1.165, 1.54) is 12.3 Å². The lowest BCUT2D eigenvalue weighted by Gasteiger charge is -2.42. The number of nitrogens with zero attached hydrogens (tertiary/aromatic N) is 4. The summed E-state index contributed by atoms with van der Waals surface area (Å²) in [6.45, 7) is 6.62. The van der Waals surface area contributed by atoms with Crippen molar-refractivity contribution in [1.29, 1.82) is 0 Å². The van der Waals surface area contributed by atoms with Crippen molar-refractivity contribution in [3.63, 3.8) is 0 Å². The van der Waals surface area contributed by atoms with E-state index in [1.54, 1.807) is 24.0 Å². The predicted molar refractivity (Wildman–Crippen MR) is 136 cm³/mol. The molecule has 0 aliphatic carbocycles. The van der Waals surface area contributed by atoms with Crippen LogP contribution in [0.25, 0.3) is 0 Å². The Morgan fingerprint density at radius 1 is 1.19 bits per heavy atom.